The van der Waals surface area contributed by atoms with Gasteiger partial charge in [-0.15, -0.1) is 0 Å². The van der Waals surface area contributed by atoms with Crippen LogP contribution in [0.2, 0.25) is 0 Å². The van der Waals surface area contributed by atoms with Crippen LogP contribution in [-0.4, -0.2) is 18.5 Å². The summed E-state index contributed by atoms with van der Waals surface area (Å²) in [6.45, 7) is 8.49. The Labute approximate surface area is 108 Å². The van der Waals surface area contributed by atoms with Crippen LogP contribution in [0.25, 0.3) is 0 Å². The molecule has 94 valence electrons. The summed E-state index contributed by atoms with van der Waals surface area (Å²) >= 11 is 0. The van der Waals surface area contributed by atoms with Gasteiger partial charge in [-0.1, -0.05) is 69.9 Å². The van der Waals surface area contributed by atoms with Gasteiger partial charge in [0, 0.05) is 0 Å². The van der Waals surface area contributed by atoms with E-state index in [1.807, 2.05) is 6.08 Å². The van der Waals surface area contributed by atoms with Crippen molar-refractivity contribution in [2.45, 2.75) is 38.3 Å². The van der Waals surface area contributed by atoms with Crippen LogP contribution in [-0.2, 0) is 0 Å². The summed E-state index contributed by atoms with van der Waals surface area (Å²) < 4.78 is 0. The first-order valence-electron chi connectivity index (χ1n) is 6.62. The van der Waals surface area contributed by atoms with Gasteiger partial charge < -0.3 is 0 Å². The van der Waals surface area contributed by atoms with Crippen LogP contribution in [0, 0.1) is 0 Å². The lowest BCUT2D eigenvalue weighted by Gasteiger charge is -2.23. The van der Waals surface area contributed by atoms with Gasteiger partial charge >= 0.3 is 0 Å². The third-order valence-corrected chi connectivity index (χ3v) is 5.64. The molecule has 0 saturated heterocycles. The molecule has 0 radical (unpaired) electrons. The van der Waals surface area contributed by atoms with Crippen LogP contribution in [0.3, 0.4) is 0 Å². The fourth-order valence-corrected chi connectivity index (χ4v) is 4.42. The first-order chi connectivity index (χ1) is 8.27. The van der Waals surface area contributed by atoms with Crippen molar-refractivity contribution in [3.8, 4) is 0 Å². The summed E-state index contributed by atoms with van der Waals surface area (Å²) in [5.74, 6) is 0. The average molecular weight is 248 g/mol. The minimum atomic E-state index is 0.0789. The van der Waals surface area contributed by atoms with Crippen molar-refractivity contribution in [2.75, 3.05) is 12.8 Å². The van der Waals surface area contributed by atoms with Gasteiger partial charge in [-0.25, -0.2) is 0 Å². The zero-order valence-corrected chi connectivity index (χ0v) is 12.1. The lowest BCUT2D eigenvalue weighted by atomic mass is 10.1. The lowest BCUT2D eigenvalue weighted by Crippen LogP contribution is -2.05. The molecule has 1 rings (SSSR count). The van der Waals surface area contributed by atoms with Crippen molar-refractivity contribution >= 4 is 7.92 Å². The molecule has 1 aliphatic carbocycles. The molecule has 0 amide bonds. The molecule has 1 heteroatoms. The molecule has 0 aromatic rings. The predicted molar refractivity (Wildman–Crippen MR) is 82.2 cm³/mol. The van der Waals surface area contributed by atoms with E-state index in [9.17, 15) is 0 Å². The molecule has 0 saturated carbocycles. The fraction of sp³-hybridized carbons (Fsp3) is 0.500. The number of hydrogen-bond donors (Lipinski definition) is 0. The minimum absolute atomic E-state index is 0.0789. The summed E-state index contributed by atoms with van der Waals surface area (Å²) in [4.78, 5) is 0. The highest BCUT2D eigenvalue weighted by Gasteiger charge is 2.14. The number of allylic oxidation sites excluding steroid dienone is 7. The van der Waals surface area contributed by atoms with E-state index >= 15 is 0 Å². The lowest BCUT2D eigenvalue weighted by molar-refractivity contribution is 0.818. The molecular formula is C16H25P. The third kappa shape index (κ3) is 5.50. The molecule has 0 fully saturated rings. The molecule has 0 N–H and O–H groups in total. The van der Waals surface area contributed by atoms with Gasteiger partial charge in [-0.2, -0.15) is 0 Å². The molecule has 17 heavy (non-hydrogen) atoms. The van der Waals surface area contributed by atoms with Crippen molar-refractivity contribution in [1.29, 1.82) is 0 Å². The molecule has 0 bridgehead atoms. The normalized spacial score (nSPS) is 19.1. The first-order valence-corrected chi connectivity index (χ1v) is 8.66. The van der Waals surface area contributed by atoms with Crippen molar-refractivity contribution in [3.05, 3.63) is 48.6 Å². The minimum Gasteiger partial charge on any atom is -0.0991 e. The second-order valence-corrected chi connectivity index (χ2v) is 7.18. The zero-order chi connectivity index (χ0) is 12.5. The monoisotopic (exact) mass is 248 g/mol. The van der Waals surface area contributed by atoms with Gasteiger partial charge in [0.15, 0.2) is 0 Å². The molecule has 0 heterocycles. The smallest absolute Gasteiger partial charge is 0.00262 e. The maximum atomic E-state index is 3.77. The predicted octanol–water partition coefficient (Wildman–Crippen LogP) is 5.29. The SMILES string of the molecule is C=C/C=C\C(CCC)P(C)CC1=CC=CCC1. The molecule has 2 unspecified atom stereocenters. The molecule has 1 aliphatic rings. The maximum absolute atomic E-state index is 3.77. The van der Waals surface area contributed by atoms with Gasteiger partial charge in [0.2, 0.25) is 0 Å². The van der Waals surface area contributed by atoms with Crippen molar-refractivity contribution in [2.24, 2.45) is 0 Å². The van der Waals surface area contributed by atoms with Crippen molar-refractivity contribution < 1.29 is 0 Å². The van der Waals surface area contributed by atoms with Crippen molar-refractivity contribution in [1.82, 2.24) is 0 Å². The molecule has 0 nitrogen and oxygen atoms in total. The molecule has 2 atom stereocenters. The Bertz CT molecular complexity index is 309. The van der Waals surface area contributed by atoms with E-state index in [0.29, 0.717) is 0 Å². The Kier molecular flexibility index (Phi) is 7.21. The standard InChI is InChI=1S/C16H25P/c1-4-6-13-16(10-5-2)17(3)14-15-11-8-7-9-12-15/h4,6-8,11,13,16H,1,5,9-10,12,14H2,2-3H3/b13-6-. The quantitative estimate of drug-likeness (QED) is 0.424. The van der Waals surface area contributed by atoms with E-state index < -0.39 is 0 Å². The highest BCUT2D eigenvalue weighted by atomic mass is 31.1. The molecule has 0 spiro atoms. The summed E-state index contributed by atoms with van der Waals surface area (Å²) in [6, 6.07) is 0. The zero-order valence-electron chi connectivity index (χ0n) is 11.2. The highest BCUT2D eigenvalue weighted by molar-refractivity contribution is 7.58. The Morgan fingerprint density at radius 1 is 1.53 bits per heavy atom. The summed E-state index contributed by atoms with van der Waals surface area (Å²) in [5, 5.41) is 0. The second kappa shape index (κ2) is 8.48. The Balaban J connectivity index is 2.54. The van der Waals surface area contributed by atoms with Crippen LogP contribution >= 0.6 is 7.92 Å². The highest BCUT2D eigenvalue weighted by Crippen LogP contribution is 2.43. The van der Waals surface area contributed by atoms with Crippen molar-refractivity contribution in [3.63, 3.8) is 0 Å². The second-order valence-electron chi connectivity index (χ2n) is 4.68. The molecule has 0 aromatic carbocycles. The van der Waals surface area contributed by atoms with Gasteiger partial charge in [0.1, 0.15) is 0 Å². The summed E-state index contributed by atoms with van der Waals surface area (Å²) in [6.07, 6.45) is 19.6. The number of hydrogen-bond acceptors (Lipinski definition) is 0. The summed E-state index contributed by atoms with van der Waals surface area (Å²) in [7, 11) is 0.0789. The molecular weight excluding hydrogens is 223 g/mol. The van der Waals surface area contributed by atoms with E-state index in [-0.39, 0.29) is 7.92 Å². The van der Waals surface area contributed by atoms with Gasteiger partial charge in [0.05, 0.1) is 0 Å². The van der Waals surface area contributed by atoms with Crippen LogP contribution in [0.4, 0.5) is 0 Å². The Hall–Kier alpha value is -0.610. The van der Waals surface area contributed by atoms with E-state index in [2.05, 4.69) is 50.5 Å². The van der Waals surface area contributed by atoms with E-state index in [0.717, 1.165) is 5.66 Å². The van der Waals surface area contributed by atoms with Crippen LogP contribution in [0.1, 0.15) is 32.6 Å². The first kappa shape index (κ1) is 14.5. The van der Waals surface area contributed by atoms with E-state index in [1.54, 1.807) is 5.57 Å². The maximum Gasteiger partial charge on any atom is -0.00262 e. The van der Waals surface area contributed by atoms with E-state index in [4.69, 9.17) is 0 Å². The fourth-order valence-electron chi connectivity index (χ4n) is 2.19. The topological polar surface area (TPSA) is 0 Å². The van der Waals surface area contributed by atoms with Crippen LogP contribution in [0.5, 0.6) is 0 Å². The Morgan fingerprint density at radius 3 is 2.94 bits per heavy atom. The van der Waals surface area contributed by atoms with Crippen LogP contribution in [0.15, 0.2) is 48.6 Å². The largest absolute Gasteiger partial charge is 0.0991 e. The van der Waals surface area contributed by atoms with Crippen LogP contribution < -0.4 is 0 Å². The third-order valence-electron chi connectivity index (χ3n) is 3.17. The molecule has 0 aromatic heterocycles. The number of rotatable bonds is 7. The van der Waals surface area contributed by atoms with Gasteiger partial charge in [0.25, 0.3) is 0 Å². The average Bonchev–Trinajstić information content (AvgIpc) is 2.35. The Morgan fingerprint density at radius 2 is 2.35 bits per heavy atom. The van der Waals surface area contributed by atoms with Gasteiger partial charge in [-0.3, -0.25) is 0 Å². The summed E-state index contributed by atoms with van der Waals surface area (Å²) in [5.41, 5.74) is 2.41. The molecule has 0 aliphatic heterocycles. The van der Waals surface area contributed by atoms with Gasteiger partial charge in [-0.05, 0) is 37.7 Å². The van der Waals surface area contributed by atoms with E-state index in [1.165, 1.54) is 31.8 Å².